The van der Waals surface area contributed by atoms with Crippen molar-refractivity contribution in [1.82, 2.24) is 5.32 Å². The highest BCUT2D eigenvalue weighted by atomic mass is 16.3. The first-order valence-corrected chi connectivity index (χ1v) is 30.7. The predicted molar refractivity (Wildman–Crippen MR) is 298 cm³/mol. The molecule has 6 nitrogen and oxygen atoms in total. The Labute approximate surface area is 425 Å². The second-order valence-corrected chi connectivity index (χ2v) is 21.4. The number of hydrogen-bond donors (Lipinski definition) is 5. The summed E-state index contributed by atoms with van der Waals surface area (Å²) in [6.45, 7) is 4.09. The Bertz CT molecular complexity index is 1030. The topological polar surface area (TPSA) is 110 Å². The predicted octanol–water partition coefficient (Wildman–Crippen LogP) is 18.2. The van der Waals surface area contributed by atoms with Crippen LogP contribution in [0.5, 0.6) is 0 Å². The largest absolute Gasteiger partial charge is 0.394 e. The van der Waals surface area contributed by atoms with E-state index >= 15 is 0 Å². The average Bonchev–Trinajstić information content (AvgIpc) is 3.34. The minimum atomic E-state index is -1.28. The summed E-state index contributed by atoms with van der Waals surface area (Å²) in [5, 5.41) is 44.1. The van der Waals surface area contributed by atoms with Crippen LogP contribution in [0.15, 0.2) is 24.3 Å². The number of hydrogen-bond acceptors (Lipinski definition) is 5. The third-order valence-corrected chi connectivity index (χ3v) is 14.6. The van der Waals surface area contributed by atoms with Crippen molar-refractivity contribution < 1.29 is 25.2 Å². The molecule has 0 saturated carbocycles. The summed E-state index contributed by atoms with van der Waals surface area (Å²) in [4.78, 5) is 12.6. The summed E-state index contributed by atoms with van der Waals surface area (Å²) < 4.78 is 0. The number of unbranched alkanes of at least 4 members (excludes halogenated alkanes) is 44. The van der Waals surface area contributed by atoms with Gasteiger partial charge in [0.2, 0.25) is 5.91 Å². The number of rotatable bonds is 57. The normalized spacial score (nSPS) is 13.8. The van der Waals surface area contributed by atoms with Gasteiger partial charge in [-0.05, 0) is 64.2 Å². The SMILES string of the molecule is CCCCCCCCCCCCCC/C=C\CCCCCCCCCCCCCCCC(O)C(=O)NC(CO)C(O)C(O)CCC/C=C/CCCCCCCCCCCCCCCCCCCC. The molecule has 0 saturated heterocycles. The smallest absolute Gasteiger partial charge is 0.249 e. The Morgan fingerprint density at radius 3 is 0.882 bits per heavy atom. The number of aliphatic hydroxyl groups is 4. The zero-order chi connectivity index (χ0) is 49.5. The molecule has 5 N–H and O–H groups in total. The first-order valence-electron chi connectivity index (χ1n) is 30.7. The quantitative estimate of drug-likeness (QED) is 0.0308. The van der Waals surface area contributed by atoms with E-state index in [1.54, 1.807) is 0 Å². The molecule has 0 aromatic rings. The second kappa shape index (κ2) is 56.7. The monoisotopic (exact) mass is 960 g/mol. The molecule has 0 bridgehead atoms. The maximum atomic E-state index is 12.6. The van der Waals surface area contributed by atoms with E-state index in [-0.39, 0.29) is 0 Å². The zero-order valence-corrected chi connectivity index (χ0v) is 45.9. The van der Waals surface area contributed by atoms with Crippen molar-refractivity contribution in [1.29, 1.82) is 0 Å². The first kappa shape index (κ1) is 66.8. The summed E-state index contributed by atoms with van der Waals surface area (Å²) in [5.41, 5.74) is 0. The number of amides is 1. The highest BCUT2D eigenvalue weighted by Gasteiger charge is 2.28. The molecule has 1 amide bonds. The van der Waals surface area contributed by atoms with Crippen molar-refractivity contribution >= 4 is 5.91 Å². The van der Waals surface area contributed by atoms with Crippen LogP contribution in [0.1, 0.15) is 335 Å². The lowest BCUT2D eigenvalue weighted by atomic mass is 10.00. The lowest BCUT2D eigenvalue weighted by Gasteiger charge is -2.27. The van der Waals surface area contributed by atoms with Crippen LogP contribution in [0.25, 0.3) is 0 Å². The molecule has 6 heteroatoms. The Hall–Kier alpha value is -1.21. The van der Waals surface area contributed by atoms with Gasteiger partial charge in [0.15, 0.2) is 0 Å². The van der Waals surface area contributed by atoms with Crippen LogP contribution in [0.3, 0.4) is 0 Å². The number of carbonyl (C=O) groups is 1. The summed E-state index contributed by atoms with van der Waals surface area (Å²) in [5.74, 6) is -0.588. The highest BCUT2D eigenvalue weighted by molar-refractivity contribution is 5.80. The molecular weight excluding hydrogens is 839 g/mol. The minimum Gasteiger partial charge on any atom is -0.394 e. The van der Waals surface area contributed by atoms with Gasteiger partial charge in [-0.3, -0.25) is 4.79 Å². The molecule has 0 aliphatic heterocycles. The number of carbonyl (C=O) groups excluding carboxylic acids is 1. The Morgan fingerprint density at radius 2 is 0.603 bits per heavy atom. The molecule has 0 heterocycles. The van der Waals surface area contributed by atoms with Gasteiger partial charge in [-0.1, -0.05) is 295 Å². The van der Waals surface area contributed by atoms with Crippen molar-refractivity contribution in [3.05, 3.63) is 24.3 Å². The van der Waals surface area contributed by atoms with E-state index in [9.17, 15) is 25.2 Å². The van der Waals surface area contributed by atoms with Crippen LogP contribution in [0.2, 0.25) is 0 Å². The molecule has 404 valence electrons. The molecule has 0 fully saturated rings. The maximum absolute atomic E-state index is 12.6. The maximum Gasteiger partial charge on any atom is 0.249 e. The Morgan fingerprint density at radius 1 is 0.353 bits per heavy atom. The summed E-state index contributed by atoms with van der Waals surface area (Å²) in [6, 6.07) is -1.00. The van der Waals surface area contributed by atoms with Crippen molar-refractivity contribution in [3.8, 4) is 0 Å². The second-order valence-electron chi connectivity index (χ2n) is 21.4. The summed E-state index contributed by atoms with van der Waals surface area (Å²) in [7, 11) is 0. The summed E-state index contributed by atoms with van der Waals surface area (Å²) >= 11 is 0. The molecular formula is C62H121NO5. The standard InChI is InChI=1S/C62H121NO5/c1-3-5-7-9-11-13-15-17-19-21-23-25-27-28-29-30-31-32-34-36-38-40-42-44-46-48-50-52-54-56-60(66)62(68)63-58(57-64)61(67)59(65)55-53-51-49-47-45-43-41-39-37-35-33-26-24-22-20-18-16-14-12-10-8-6-4-2/h28-29,47,49,58-61,64-67H,3-27,30-46,48,50-57H2,1-2H3,(H,63,68)/b29-28-,49-47+. The summed E-state index contributed by atoms with van der Waals surface area (Å²) in [6.07, 6.45) is 69.8. The molecule has 4 unspecified atom stereocenters. The van der Waals surface area contributed by atoms with Gasteiger partial charge in [-0.15, -0.1) is 0 Å². The van der Waals surface area contributed by atoms with Crippen LogP contribution in [-0.4, -0.2) is 57.3 Å². The number of nitrogens with one attached hydrogen (secondary N) is 1. The molecule has 0 rings (SSSR count). The third kappa shape index (κ3) is 49.8. The fourth-order valence-corrected chi connectivity index (χ4v) is 9.82. The Balaban J connectivity index is 3.61. The van der Waals surface area contributed by atoms with E-state index in [0.29, 0.717) is 12.8 Å². The molecule has 0 spiro atoms. The van der Waals surface area contributed by atoms with Crippen molar-refractivity contribution in [3.63, 3.8) is 0 Å². The molecule has 0 aliphatic carbocycles. The molecule has 0 aliphatic rings. The van der Waals surface area contributed by atoms with E-state index in [1.807, 2.05) is 0 Å². The van der Waals surface area contributed by atoms with Gasteiger partial charge in [0, 0.05) is 0 Å². The Kier molecular flexibility index (Phi) is 55.7. The molecule has 4 atom stereocenters. The van der Waals surface area contributed by atoms with Crippen LogP contribution in [0.4, 0.5) is 0 Å². The molecule has 0 radical (unpaired) electrons. The van der Waals surface area contributed by atoms with E-state index in [1.165, 1.54) is 270 Å². The van der Waals surface area contributed by atoms with Gasteiger partial charge in [-0.25, -0.2) is 0 Å². The lowest BCUT2D eigenvalue weighted by molar-refractivity contribution is -0.132. The third-order valence-electron chi connectivity index (χ3n) is 14.6. The first-order chi connectivity index (χ1) is 33.5. The van der Waals surface area contributed by atoms with Gasteiger partial charge in [0.25, 0.3) is 0 Å². The van der Waals surface area contributed by atoms with E-state index in [4.69, 9.17) is 0 Å². The molecule has 0 aromatic carbocycles. The van der Waals surface area contributed by atoms with Crippen molar-refractivity contribution in [2.24, 2.45) is 0 Å². The van der Waals surface area contributed by atoms with Gasteiger partial charge < -0.3 is 25.7 Å². The van der Waals surface area contributed by atoms with Crippen molar-refractivity contribution in [2.75, 3.05) is 6.61 Å². The lowest BCUT2D eigenvalue weighted by Crippen LogP contribution is -2.53. The van der Waals surface area contributed by atoms with Crippen LogP contribution in [0, 0.1) is 0 Å². The van der Waals surface area contributed by atoms with E-state index in [2.05, 4.69) is 43.5 Å². The number of aliphatic hydroxyl groups excluding tert-OH is 4. The van der Waals surface area contributed by atoms with Gasteiger partial charge in [0.05, 0.1) is 18.8 Å². The van der Waals surface area contributed by atoms with Crippen LogP contribution >= 0.6 is 0 Å². The highest BCUT2D eigenvalue weighted by Crippen LogP contribution is 2.18. The zero-order valence-electron chi connectivity index (χ0n) is 45.9. The van der Waals surface area contributed by atoms with Crippen LogP contribution < -0.4 is 5.32 Å². The van der Waals surface area contributed by atoms with Gasteiger partial charge >= 0.3 is 0 Å². The fraction of sp³-hybridized carbons (Fsp3) is 0.919. The average molecular weight is 961 g/mol. The minimum absolute atomic E-state index is 0.365. The molecule has 0 aromatic heterocycles. The van der Waals surface area contributed by atoms with Gasteiger partial charge in [0.1, 0.15) is 12.2 Å². The van der Waals surface area contributed by atoms with Crippen molar-refractivity contribution in [2.45, 2.75) is 359 Å². The molecule has 68 heavy (non-hydrogen) atoms. The van der Waals surface area contributed by atoms with E-state index < -0.39 is 36.9 Å². The van der Waals surface area contributed by atoms with E-state index in [0.717, 1.165) is 38.5 Å². The van der Waals surface area contributed by atoms with Gasteiger partial charge in [-0.2, -0.15) is 0 Å². The number of allylic oxidation sites excluding steroid dienone is 4. The fourth-order valence-electron chi connectivity index (χ4n) is 9.82. The van der Waals surface area contributed by atoms with Crippen LogP contribution in [-0.2, 0) is 4.79 Å².